The van der Waals surface area contributed by atoms with Crippen molar-refractivity contribution in [1.29, 1.82) is 0 Å². The summed E-state index contributed by atoms with van der Waals surface area (Å²) in [7, 11) is 1.87. The monoisotopic (exact) mass is 351 g/mol. The van der Waals surface area contributed by atoms with Crippen LogP contribution in [-0.4, -0.2) is 42.6 Å². The molecule has 2 aromatic carbocycles. The molecule has 26 heavy (non-hydrogen) atoms. The number of amides is 1. The maximum atomic E-state index is 12.0. The lowest BCUT2D eigenvalue weighted by molar-refractivity contribution is 0.0955. The molecule has 1 aliphatic rings. The molecule has 6 heteroatoms. The van der Waals surface area contributed by atoms with Crippen LogP contribution >= 0.6 is 0 Å². The van der Waals surface area contributed by atoms with Gasteiger partial charge in [-0.15, -0.1) is 0 Å². The van der Waals surface area contributed by atoms with Crippen molar-refractivity contribution in [1.82, 2.24) is 5.43 Å². The molecular formula is C20H21N3O3. The number of aliphatic hydroxyl groups excluding tert-OH is 2. The van der Waals surface area contributed by atoms with Gasteiger partial charge in [0.2, 0.25) is 0 Å². The lowest BCUT2D eigenvalue weighted by atomic mass is 9.81. The van der Waals surface area contributed by atoms with E-state index in [4.69, 9.17) is 0 Å². The van der Waals surface area contributed by atoms with E-state index in [2.05, 4.69) is 10.5 Å². The highest BCUT2D eigenvalue weighted by atomic mass is 16.3. The molecule has 0 saturated heterocycles. The number of allylic oxidation sites excluding steroid dienone is 1. The number of carbonyl (C=O) groups excluding carboxylic acids is 1. The number of hydrogen-bond donors (Lipinski definition) is 3. The summed E-state index contributed by atoms with van der Waals surface area (Å²) >= 11 is 0. The summed E-state index contributed by atoms with van der Waals surface area (Å²) in [5, 5.41) is 24.0. The fourth-order valence-corrected chi connectivity index (χ4v) is 3.27. The number of anilines is 1. The topological polar surface area (TPSA) is 85.2 Å². The van der Waals surface area contributed by atoms with Gasteiger partial charge in [0.15, 0.2) is 0 Å². The Bertz CT molecular complexity index is 842. The number of nitrogens with one attached hydrogen (secondary N) is 1. The van der Waals surface area contributed by atoms with Gasteiger partial charge in [-0.25, -0.2) is 5.43 Å². The second kappa shape index (κ2) is 7.51. The average molecular weight is 351 g/mol. The zero-order chi connectivity index (χ0) is 18.6. The van der Waals surface area contributed by atoms with E-state index in [-0.39, 0.29) is 19.1 Å². The maximum Gasteiger partial charge on any atom is 0.271 e. The standard InChI is InChI=1S/C20H21N3O3/c1-23-17-10-6-5-9-16(17)20(13-24,14-25)18(23)11-12-21-22-19(26)15-7-3-2-4-8-15/h2-12,24-25H,13-14H2,1H3,(H,22,26)/b18-11-,21-12+. The van der Waals surface area contributed by atoms with Crippen LogP contribution in [0.3, 0.4) is 0 Å². The van der Waals surface area contributed by atoms with Crippen molar-refractivity contribution in [2.24, 2.45) is 5.10 Å². The highest BCUT2D eigenvalue weighted by molar-refractivity contribution is 5.94. The molecule has 6 nitrogen and oxygen atoms in total. The Balaban J connectivity index is 1.82. The Kier molecular flexibility index (Phi) is 5.16. The molecule has 1 aliphatic heterocycles. The van der Waals surface area contributed by atoms with Crippen LogP contribution in [0.15, 0.2) is 71.5 Å². The van der Waals surface area contributed by atoms with Crippen LogP contribution in [0.4, 0.5) is 5.69 Å². The van der Waals surface area contributed by atoms with Crippen LogP contribution in [0.1, 0.15) is 15.9 Å². The first-order valence-corrected chi connectivity index (χ1v) is 8.28. The lowest BCUT2D eigenvalue weighted by Gasteiger charge is -2.28. The number of hydrazone groups is 1. The predicted octanol–water partition coefficient (Wildman–Crippen LogP) is 1.66. The second-order valence-electron chi connectivity index (χ2n) is 6.11. The molecular weight excluding hydrogens is 330 g/mol. The largest absolute Gasteiger partial charge is 0.395 e. The minimum absolute atomic E-state index is 0.235. The van der Waals surface area contributed by atoms with Crippen LogP contribution in [0.25, 0.3) is 0 Å². The van der Waals surface area contributed by atoms with Crippen LogP contribution in [0.5, 0.6) is 0 Å². The van der Waals surface area contributed by atoms with Gasteiger partial charge in [-0.1, -0.05) is 36.4 Å². The SMILES string of the molecule is CN1/C(=C\C=N\NC(=O)c2ccccc2)C(CO)(CO)c2ccccc21. The average Bonchev–Trinajstić information content (AvgIpc) is 2.94. The van der Waals surface area contributed by atoms with Gasteiger partial charge < -0.3 is 15.1 Å². The fourth-order valence-electron chi connectivity index (χ4n) is 3.27. The third kappa shape index (κ3) is 3.00. The molecule has 2 aromatic rings. The summed E-state index contributed by atoms with van der Waals surface area (Å²) in [6.45, 7) is -0.470. The second-order valence-corrected chi connectivity index (χ2v) is 6.11. The number of benzene rings is 2. The lowest BCUT2D eigenvalue weighted by Crippen LogP contribution is -2.37. The van der Waals surface area contributed by atoms with Crippen LogP contribution < -0.4 is 10.3 Å². The van der Waals surface area contributed by atoms with Gasteiger partial charge in [0.1, 0.15) is 0 Å². The van der Waals surface area contributed by atoms with Gasteiger partial charge >= 0.3 is 0 Å². The van der Waals surface area contributed by atoms with Gasteiger partial charge in [0.25, 0.3) is 5.91 Å². The number of carbonyl (C=O) groups is 1. The number of fused-ring (bicyclic) bond motifs is 1. The van der Waals surface area contributed by atoms with Crippen LogP contribution in [-0.2, 0) is 5.41 Å². The van der Waals surface area contributed by atoms with Crippen LogP contribution in [0.2, 0.25) is 0 Å². The summed E-state index contributed by atoms with van der Waals surface area (Å²) < 4.78 is 0. The molecule has 1 heterocycles. The Labute approximate surface area is 152 Å². The number of hydrogen-bond acceptors (Lipinski definition) is 5. The van der Waals surface area contributed by atoms with Crippen molar-refractivity contribution in [3.8, 4) is 0 Å². The fraction of sp³-hybridized carbons (Fsp3) is 0.200. The highest BCUT2D eigenvalue weighted by Gasteiger charge is 2.45. The summed E-state index contributed by atoms with van der Waals surface area (Å²) in [5.41, 5.74) is 4.57. The van der Waals surface area contributed by atoms with Crippen LogP contribution in [0, 0.1) is 0 Å². The Morgan fingerprint density at radius 2 is 1.77 bits per heavy atom. The zero-order valence-electron chi connectivity index (χ0n) is 14.5. The summed E-state index contributed by atoms with van der Waals surface area (Å²) in [4.78, 5) is 13.9. The molecule has 3 N–H and O–H groups in total. The smallest absolute Gasteiger partial charge is 0.271 e. The van der Waals surface area contributed by atoms with E-state index in [1.165, 1.54) is 6.21 Å². The number of likely N-dealkylation sites (N-methyl/N-ethyl adjacent to an activating group) is 1. The van der Waals surface area contributed by atoms with E-state index in [0.29, 0.717) is 11.3 Å². The molecule has 0 bridgehead atoms. The van der Waals surface area contributed by atoms with Crippen molar-refractivity contribution < 1.29 is 15.0 Å². The zero-order valence-corrected chi connectivity index (χ0v) is 14.5. The Hall–Kier alpha value is -2.96. The molecule has 0 fully saturated rings. The number of para-hydroxylation sites is 1. The van der Waals surface area contributed by atoms with Gasteiger partial charge in [0, 0.05) is 30.2 Å². The first kappa shape index (κ1) is 17.8. The Morgan fingerprint density at radius 1 is 1.12 bits per heavy atom. The van der Waals surface area contributed by atoms with Crippen molar-refractivity contribution in [2.45, 2.75) is 5.41 Å². The minimum atomic E-state index is -0.902. The van der Waals surface area contributed by atoms with E-state index in [1.807, 2.05) is 42.3 Å². The number of nitrogens with zero attached hydrogens (tertiary/aromatic N) is 2. The van der Waals surface area contributed by atoms with Crippen molar-refractivity contribution in [2.75, 3.05) is 25.2 Å². The summed E-state index contributed by atoms with van der Waals surface area (Å²) in [5.74, 6) is -0.307. The molecule has 0 radical (unpaired) electrons. The van der Waals surface area contributed by atoms with Crippen molar-refractivity contribution in [3.63, 3.8) is 0 Å². The highest BCUT2D eigenvalue weighted by Crippen LogP contribution is 2.46. The number of aliphatic hydroxyl groups is 2. The van der Waals surface area contributed by atoms with Gasteiger partial charge in [-0.2, -0.15) is 5.10 Å². The van der Waals surface area contributed by atoms with Gasteiger partial charge in [-0.05, 0) is 29.8 Å². The third-order valence-corrected chi connectivity index (χ3v) is 4.68. The van der Waals surface area contributed by atoms with Gasteiger partial charge in [0.05, 0.1) is 18.6 Å². The molecule has 0 saturated carbocycles. The molecule has 0 aromatic heterocycles. The van der Waals surface area contributed by atoms with E-state index in [0.717, 1.165) is 11.3 Å². The molecule has 1 amide bonds. The maximum absolute atomic E-state index is 12.0. The first-order chi connectivity index (χ1) is 12.6. The van der Waals surface area contributed by atoms with E-state index in [9.17, 15) is 15.0 Å². The van der Waals surface area contributed by atoms with E-state index in [1.54, 1.807) is 30.3 Å². The Morgan fingerprint density at radius 3 is 2.46 bits per heavy atom. The molecule has 0 unspecified atom stereocenters. The number of rotatable bonds is 5. The van der Waals surface area contributed by atoms with Crippen molar-refractivity contribution in [3.05, 3.63) is 77.5 Å². The summed E-state index contributed by atoms with van der Waals surface area (Å²) in [6, 6.07) is 16.4. The summed E-state index contributed by atoms with van der Waals surface area (Å²) in [6.07, 6.45) is 3.15. The van der Waals surface area contributed by atoms with Crippen molar-refractivity contribution >= 4 is 17.8 Å². The van der Waals surface area contributed by atoms with Gasteiger partial charge in [-0.3, -0.25) is 4.79 Å². The van der Waals surface area contributed by atoms with E-state index >= 15 is 0 Å². The molecule has 0 spiro atoms. The van der Waals surface area contributed by atoms with E-state index < -0.39 is 5.41 Å². The first-order valence-electron chi connectivity index (χ1n) is 8.28. The molecule has 134 valence electrons. The minimum Gasteiger partial charge on any atom is -0.395 e. The third-order valence-electron chi connectivity index (χ3n) is 4.68. The molecule has 3 rings (SSSR count). The normalized spacial score (nSPS) is 16.9. The quantitative estimate of drug-likeness (QED) is 0.565. The predicted molar refractivity (Wildman–Crippen MR) is 101 cm³/mol. The molecule has 0 aliphatic carbocycles. The molecule has 0 atom stereocenters.